The molecule has 1 heterocycles. The molecule has 1 amide bonds. The van der Waals surface area contributed by atoms with E-state index in [1.165, 1.54) is 6.21 Å². The van der Waals surface area contributed by atoms with E-state index in [4.69, 9.17) is 4.74 Å². The first-order chi connectivity index (χ1) is 9.20. The van der Waals surface area contributed by atoms with Crippen LogP contribution in [0.2, 0.25) is 0 Å². The zero-order chi connectivity index (χ0) is 13.7. The average molecular weight is 260 g/mol. The van der Waals surface area contributed by atoms with E-state index in [0.29, 0.717) is 5.69 Å². The van der Waals surface area contributed by atoms with E-state index >= 15 is 0 Å². The Labute approximate surface area is 109 Å². The van der Waals surface area contributed by atoms with Crippen molar-refractivity contribution in [2.24, 2.45) is 5.10 Å². The molecule has 19 heavy (non-hydrogen) atoms. The van der Waals surface area contributed by atoms with Crippen molar-refractivity contribution in [2.45, 2.75) is 6.92 Å². The molecule has 0 aliphatic heterocycles. The summed E-state index contributed by atoms with van der Waals surface area (Å²) in [6.07, 6.45) is 1.51. The van der Waals surface area contributed by atoms with Crippen molar-refractivity contribution in [2.75, 3.05) is 7.11 Å². The predicted octanol–water partition coefficient (Wildman–Crippen LogP) is 1.15. The van der Waals surface area contributed by atoms with Gasteiger partial charge < -0.3 is 4.74 Å². The number of nitrogens with one attached hydrogen (secondary N) is 1. The molecule has 0 saturated carbocycles. The number of benzene rings is 1. The summed E-state index contributed by atoms with van der Waals surface area (Å²) in [5.74, 6) is 0.286. The number of aromatic nitrogens is 2. The molecular formula is C12H12N4O3. The summed E-state index contributed by atoms with van der Waals surface area (Å²) in [4.78, 5) is 11.6. The number of nitrogens with zero attached hydrogens (tertiary/aromatic N) is 3. The molecule has 0 atom stereocenters. The van der Waals surface area contributed by atoms with Gasteiger partial charge in [0.05, 0.1) is 13.3 Å². The smallest absolute Gasteiger partial charge is 0.295 e. The molecule has 0 unspecified atom stereocenters. The van der Waals surface area contributed by atoms with Gasteiger partial charge in [0.15, 0.2) is 5.69 Å². The van der Waals surface area contributed by atoms with Gasteiger partial charge in [0.1, 0.15) is 11.4 Å². The maximum Gasteiger partial charge on any atom is 0.295 e. The van der Waals surface area contributed by atoms with Crippen LogP contribution < -0.4 is 10.2 Å². The highest BCUT2D eigenvalue weighted by molar-refractivity contribution is 5.93. The molecule has 1 aromatic heterocycles. The Kier molecular flexibility index (Phi) is 3.87. The van der Waals surface area contributed by atoms with Crippen LogP contribution >= 0.6 is 0 Å². The van der Waals surface area contributed by atoms with Crippen molar-refractivity contribution >= 4 is 12.1 Å². The van der Waals surface area contributed by atoms with Crippen LogP contribution in [-0.2, 0) is 0 Å². The molecule has 7 heteroatoms. The van der Waals surface area contributed by atoms with Crippen LogP contribution in [0.4, 0.5) is 0 Å². The minimum Gasteiger partial charge on any atom is -0.497 e. The number of hydrogen-bond acceptors (Lipinski definition) is 6. The van der Waals surface area contributed by atoms with E-state index in [2.05, 4.69) is 25.5 Å². The van der Waals surface area contributed by atoms with E-state index in [0.717, 1.165) is 11.3 Å². The number of ether oxygens (including phenoxy) is 1. The molecule has 1 N–H and O–H groups in total. The fraction of sp³-hybridized carbons (Fsp3) is 0.167. The van der Waals surface area contributed by atoms with Crippen molar-refractivity contribution < 1.29 is 14.2 Å². The van der Waals surface area contributed by atoms with Gasteiger partial charge in [0.25, 0.3) is 5.91 Å². The maximum atomic E-state index is 11.6. The summed E-state index contributed by atoms with van der Waals surface area (Å²) in [5, 5.41) is 10.8. The van der Waals surface area contributed by atoms with E-state index in [-0.39, 0.29) is 5.69 Å². The topological polar surface area (TPSA) is 89.6 Å². The molecule has 98 valence electrons. The predicted molar refractivity (Wildman–Crippen MR) is 67.1 cm³/mol. The van der Waals surface area contributed by atoms with Crippen molar-refractivity contribution in [3.63, 3.8) is 0 Å². The quantitative estimate of drug-likeness (QED) is 0.658. The highest BCUT2D eigenvalue weighted by Crippen LogP contribution is 2.09. The van der Waals surface area contributed by atoms with Crippen molar-refractivity contribution in [1.29, 1.82) is 0 Å². The van der Waals surface area contributed by atoms with Crippen LogP contribution in [0.1, 0.15) is 21.7 Å². The molecular weight excluding hydrogens is 248 g/mol. The lowest BCUT2D eigenvalue weighted by Gasteiger charge is -1.99. The fourth-order valence-electron chi connectivity index (χ4n) is 1.35. The van der Waals surface area contributed by atoms with Gasteiger partial charge in [-0.15, -0.1) is 0 Å². The van der Waals surface area contributed by atoms with Crippen LogP contribution in [0.5, 0.6) is 5.75 Å². The van der Waals surface area contributed by atoms with Gasteiger partial charge in [0, 0.05) is 0 Å². The number of hydrazone groups is 1. The van der Waals surface area contributed by atoms with Crippen molar-refractivity contribution in [3.05, 3.63) is 41.2 Å². The maximum absolute atomic E-state index is 11.6. The number of carbonyl (C=O) groups is 1. The van der Waals surface area contributed by atoms with Gasteiger partial charge in [0.2, 0.25) is 0 Å². The minimum atomic E-state index is -0.469. The number of methoxy groups -OCH3 is 1. The lowest BCUT2D eigenvalue weighted by Crippen LogP contribution is -2.19. The van der Waals surface area contributed by atoms with Gasteiger partial charge in [-0.3, -0.25) is 4.79 Å². The van der Waals surface area contributed by atoms with Crippen LogP contribution in [0.25, 0.3) is 0 Å². The number of aryl methyl sites for hydroxylation is 1. The molecule has 0 spiro atoms. The first-order valence-corrected chi connectivity index (χ1v) is 5.47. The third-order valence-corrected chi connectivity index (χ3v) is 2.36. The Morgan fingerprint density at radius 1 is 1.37 bits per heavy atom. The number of amides is 1. The fourth-order valence-corrected chi connectivity index (χ4v) is 1.35. The van der Waals surface area contributed by atoms with E-state index in [1.54, 1.807) is 26.2 Å². The van der Waals surface area contributed by atoms with E-state index in [1.807, 2.05) is 12.1 Å². The van der Waals surface area contributed by atoms with Gasteiger partial charge in [-0.05, 0) is 41.9 Å². The molecule has 0 fully saturated rings. The molecule has 0 aliphatic rings. The lowest BCUT2D eigenvalue weighted by atomic mass is 10.2. The van der Waals surface area contributed by atoms with Gasteiger partial charge in [-0.1, -0.05) is 5.16 Å². The second kappa shape index (κ2) is 5.76. The Bertz CT molecular complexity index is 589. The highest BCUT2D eigenvalue weighted by atomic mass is 16.6. The molecule has 0 radical (unpaired) electrons. The van der Waals surface area contributed by atoms with Crippen LogP contribution in [0.3, 0.4) is 0 Å². The highest BCUT2D eigenvalue weighted by Gasteiger charge is 2.13. The van der Waals surface area contributed by atoms with Crippen molar-refractivity contribution in [3.8, 4) is 5.75 Å². The van der Waals surface area contributed by atoms with E-state index < -0.39 is 5.91 Å². The third-order valence-electron chi connectivity index (χ3n) is 2.36. The largest absolute Gasteiger partial charge is 0.497 e. The summed E-state index contributed by atoms with van der Waals surface area (Å²) < 4.78 is 9.46. The molecule has 0 saturated heterocycles. The van der Waals surface area contributed by atoms with Gasteiger partial charge in [-0.2, -0.15) is 5.10 Å². The first kappa shape index (κ1) is 12.7. The van der Waals surface area contributed by atoms with Gasteiger partial charge in [-0.25, -0.2) is 10.1 Å². The summed E-state index contributed by atoms with van der Waals surface area (Å²) in [5.41, 5.74) is 3.70. The summed E-state index contributed by atoms with van der Waals surface area (Å²) >= 11 is 0. The molecule has 0 bridgehead atoms. The van der Waals surface area contributed by atoms with Gasteiger partial charge >= 0.3 is 0 Å². The monoisotopic (exact) mass is 260 g/mol. The van der Waals surface area contributed by atoms with Crippen LogP contribution in [0, 0.1) is 6.92 Å². The Hall–Kier alpha value is -2.70. The second-order valence-corrected chi connectivity index (χ2v) is 3.67. The number of rotatable bonds is 4. The molecule has 1 aromatic carbocycles. The van der Waals surface area contributed by atoms with E-state index in [9.17, 15) is 4.79 Å². The van der Waals surface area contributed by atoms with Crippen molar-refractivity contribution in [1.82, 2.24) is 15.7 Å². The zero-order valence-electron chi connectivity index (χ0n) is 10.5. The summed E-state index contributed by atoms with van der Waals surface area (Å²) in [7, 11) is 1.59. The second-order valence-electron chi connectivity index (χ2n) is 3.67. The standard InChI is InChI=1S/C12H12N4O3/c1-8-11(16-19-15-8)12(17)14-13-7-9-3-5-10(18-2)6-4-9/h3-7H,1-2H3,(H,14,17)/b13-7-. The molecule has 0 aliphatic carbocycles. The Balaban J connectivity index is 1.96. The minimum absolute atomic E-state index is 0.117. The number of hydrogen-bond donors (Lipinski definition) is 1. The molecule has 2 rings (SSSR count). The lowest BCUT2D eigenvalue weighted by molar-refractivity contribution is 0.0945. The molecule has 7 nitrogen and oxygen atoms in total. The first-order valence-electron chi connectivity index (χ1n) is 5.47. The zero-order valence-corrected chi connectivity index (χ0v) is 10.5. The normalized spacial score (nSPS) is 10.6. The number of carbonyl (C=O) groups excluding carboxylic acids is 1. The average Bonchev–Trinajstić information content (AvgIpc) is 2.86. The SMILES string of the molecule is COc1ccc(/C=N\NC(=O)c2nonc2C)cc1. The van der Waals surface area contributed by atoms with Crippen LogP contribution in [0.15, 0.2) is 34.0 Å². The third kappa shape index (κ3) is 3.15. The summed E-state index contributed by atoms with van der Waals surface area (Å²) in [6.45, 7) is 1.62. The summed E-state index contributed by atoms with van der Waals surface area (Å²) in [6, 6.07) is 7.23. The Morgan fingerprint density at radius 2 is 2.11 bits per heavy atom. The molecule has 2 aromatic rings. The Morgan fingerprint density at radius 3 is 2.68 bits per heavy atom. The van der Waals surface area contributed by atoms with Crippen LogP contribution in [-0.4, -0.2) is 29.5 Å².